The molecule has 0 heterocycles. The summed E-state index contributed by atoms with van der Waals surface area (Å²) >= 11 is 0. The van der Waals surface area contributed by atoms with Crippen molar-refractivity contribution in [2.75, 3.05) is 19.5 Å². The molecule has 0 spiro atoms. The van der Waals surface area contributed by atoms with Crippen molar-refractivity contribution in [3.05, 3.63) is 23.8 Å². The topological polar surface area (TPSA) is 0 Å². The minimum Gasteiger partial charge on any atom is -0.269 e. The molecule has 0 saturated heterocycles. The first-order chi connectivity index (χ1) is 5.20. The summed E-state index contributed by atoms with van der Waals surface area (Å²) in [5, 5.41) is 0. The SMILES string of the molecule is CC(CP(C)C)C1=[C-]CC=C1.Cl.Cl.Cl.[Hf]. The smallest absolute Gasteiger partial charge is 0 e. The van der Waals surface area contributed by atoms with Crippen molar-refractivity contribution in [1.82, 2.24) is 0 Å². The summed E-state index contributed by atoms with van der Waals surface area (Å²) in [5.74, 6) is 0.731. The number of rotatable bonds is 3. The normalized spacial score (nSPS) is 14.0. The fourth-order valence-electron chi connectivity index (χ4n) is 1.41. The first-order valence-corrected chi connectivity index (χ1v) is 6.54. The maximum atomic E-state index is 3.38. The van der Waals surface area contributed by atoms with Gasteiger partial charge in [-0.1, -0.05) is 6.92 Å². The van der Waals surface area contributed by atoms with Crippen molar-refractivity contribution in [3.8, 4) is 0 Å². The van der Waals surface area contributed by atoms with Gasteiger partial charge in [0.1, 0.15) is 0 Å². The third-order valence-corrected chi connectivity index (χ3v) is 3.17. The molecule has 90 valence electrons. The molecule has 1 aliphatic carbocycles. The van der Waals surface area contributed by atoms with E-state index < -0.39 is 0 Å². The summed E-state index contributed by atoms with van der Waals surface area (Å²) in [5.41, 5.74) is 1.43. The second kappa shape index (κ2) is 13.7. The Morgan fingerprint density at radius 1 is 1.33 bits per heavy atom. The van der Waals surface area contributed by atoms with E-state index in [0.29, 0.717) is 0 Å². The van der Waals surface area contributed by atoms with Crippen LogP contribution in [0.15, 0.2) is 17.7 Å². The summed E-state index contributed by atoms with van der Waals surface area (Å²) < 4.78 is 0. The average Bonchev–Trinajstić information content (AvgIpc) is 2.35. The molecule has 0 aromatic heterocycles. The predicted octanol–water partition coefficient (Wildman–Crippen LogP) is 4.32. The molecule has 5 heteroatoms. The van der Waals surface area contributed by atoms with Crippen molar-refractivity contribution in [3.63, 3.8) is 0 Å². The molecule has 1 rings (SSSR count). The zero-order chi connectivity index (χ0) is 8.27. The van der Waals surface area contributed by atoms with E-state index in [9.17, 15) is 0 Å². The third kappa shape index (κ3) is 10.5. The third-order valence-electron chi connectivity index (χ3n) is 1.89. The van der Waals surface area contributed by atoms with Crippen LogP contribution in [-0.2, 0) is 25.8 Å². The van der Waals surface area contributed by atoms with E-state index in [-0.39, 0.29) is 71.0 Å². The van der Waals surface area contributed by atoms with Gasteiger partial charge in [0.05, 0.1) is 0 Å². The number of hydrogen-bond donors (Lipinski definition) is 0. The molecule has 1 atom stereocenters. The quantitative estimate of drug-likeness (QED) is 0.338. The van der Waals surface area contributed by atoms with E-state index in [1.54, 1.807) is 0 Å². The Morgan fingerprint density at radius 2 is 1.87 bits per heavy atom. The maximum absolute atomic E-state index is 3.38. The first-order valence-electron chi connectivity index (χ1n) is 4.12. The van der Waals surface area contributed by atoms with Gasteiger partial charge < -0.3 is 0 Å². The summed E-state index contributed by atoms with van der Waals surface area (Å²) in [6.07, 6.45) is 10.2. The van der Waals surface area contributed by atoms with Crippen LogP contribution < -0.4 is 0 Å². The Kier molecular flexibility index (Phi) is 23.3. The zero-order valence-corrected chi connectivity index (χ0v) is 16.3. The molecule has 0 radical (unpaired) electrons. The van der Waals surface area contributed by atoms with Gasteiger partial charge in [-0.15, -0.1) is 51.6 Å². The van der Waals surface area contributed by atoms with Crippen LogP contribution in [0.1, 0.15) is 13.3 Å². The van der Waals surface area contributed by atoms with E-state index in [2.05, 4.69) is 38.5 Å². The molecular weight excluding hydrogens is 436 g/mol. The molecule has 0 amide bonds. The largest absolute Gasteiger partial charge is 0.269 e. The second-order valence-corrected chi connectivity index (χ2v) is 5.93. The van der Waals surface area contributed by atoms with Crippen molar-refractivity contribution in [2.24, 2.45) is 5.92 Å². The van der Waals surface area contributed by atoms with Gasteiger partial charge in [-0.3, -0.25) is 6.08 Å². The summed E-state index contributed by atoms with van der Waals surface area (Å²) in [4.78, 5) is 0. The molecule has 0 nitrogen and oxygen atoms in total. The second-order valence-electron chi connectivity index (χ2n) is 3.40. The molecule has 1 unspecified atom stereocenters. The number of halogens is 3. The fraction of sp³-hybridized carbons (Fsp3) is 0.600. The standard InChI is InChI=1S/C10H16P.3ClH.Hf/c1-9(8-11(2)3)10-6-4-5-7-10;;;;/h4,6,9H,5,8H2,1-3H3;3*1H;/q-1;;;;. The van der Waals surface area contributed by atoms with E-state index in [4.69, 9.17) is 0 Å². The van der Waals surface area contributed by atoms with Gasteiger partial charge in [-0.05, 0) is 25.4 Å². The van der Waals surface area contributed by atoms with Gasteiger partial charge >= 0.3 is 0 Å². The van der Waals surface area contributed by atoms with Crippen LogP contribution in [0.25, 0.3) is 0 Å². The minimum atomic E-state index is 0. The van der Waals surface area contributed by atoms with Crippen molar-refractivity contribution >= 4 is 45.1 Å². The van der Waals surface area contributed by atoms with Gasteiger partial charge in [0.25, 0.3) is 0 Å². The molecule has 0 saturated carbocycles. The Morgan fingerprint density at radius 3 is 2.20 bits per heavy atom. The Balaban J connectivity index is -0.000000151. The summed E-state index contributed by atoms with van der Waals surface area (Å²) in [7, 11) is 0.249. The molecule has 0 aliphatic heterocycles. The first kappa shape index (κ1) is 25.5. The van der Waals surface area contributed by atoms with Gasteiger partial charge in [-0.2, -0.15) is 6.08 Å². The molecular formula is C10H19Cl3HfP-. The Bertz CT molecular complexity index is 193. The average molecular weight is 455 g/mol. The van der Waals surface area contributed by atoms with Crippen LogP contribution in [0, 0.1) is 12.0 Å². The van der Waals surface area contributed by atoms with E-state index in [0.717, 1.165) is 12.3 Å². The Hall–Kier alpha value is 1.65. The molecule has 0 N–H and O–H groups in total. The van der Waals surface area contributed by atoms with Crippen LogP contribution >= 0.6 is 45.1 Å². The van der Waals surface area contributed by atoms with Crippen molar-refractivity contribution in [1.29, 1.82) is 0 Å². The van der Waals surface area contributed by atoms with E-state index >= 15 is 0 Å². The van der Waals surface area contributed by atoms with Crippen LogP contribution in [0.5, 0.6) is 0 Å². The van der Waals surface area contributed by atoms with E-state index in [1.807, 2.05) is 0 Å². The number of hydrogen-bond acceptors (Lipinski definition) is 0. The summed E-state index contributed by atoms with van der Waals surface area (Å²) in [6, 6.07) is 0. The molecule has 0 fully saturated rings. The van der Waals surface area contributed by atoms with Crippen LogP contribution in [0.4, 0.5) is 0 Å². The maximum Gasteiger partial charge on any atom is 0 e. The Labute approximate surface area is 133 Å². The van der Waals surface area contributed by atoms with Gasteiger partial charge in [0, 0.05) is 25.8 Å². The van der Waals surface area contributed by atoms with E-state index in [1.165, 1.54) is 11.7 Å². The molecule has 0 aromatic rings. The summed E-state index contributed by atoms with van der Waals surface area (Å²) in [6.45, 7) is 6.98. The van der Waals surface area contributed by atoms with Gasteiger partial charge in [-0.25, -0.2) is 11.6 Å². The molecule has 0 bridgehead atoms. The zero-order valence-electron chi connectivity index (χ0n) is 9.32. The van der Waals surface area contributed by atoms with Gasteiger partial charge in [0.15, 0.2) is 0 Å². The number of allylic oxidation sites excluding steroid dienone is 4. The van der Waals surface area contributed by atoms with Gasteiger partial charge in [0.2, 0.25) is 0 Å². The van der Waals surface area contributed by atoms with Crippen molar-refractivity contribution < 1.29 is 25.8 Å². The molecule has 15 heavy (non-hydrogen) atoms. The van der Waals surface area contributed by atoms with Crippen LogP contribution in [-0.4, -0.2) is 19.5 Å². The predicted molar refractivity (Wildman–Crippen MR) is 75.1 cm³/mol. The molecule has 0 aromatic carbocycles. The monoisotopic (exact) mass is 455 g/mol. The minimum absolute atomic E-state index is 0. The van der Waals surface area contributed by atoms with Crippen LogP contribution in [0.2, 0.25) is 0 Å². The molecule has 1 aliphatic rings. The van der Waals surface area contributed by atoms with Crippen LogP contribution in [0.3, 0.4) is 0 Å². The fourth-order valence-corrected chi connectivity index (χ4v) is 2.70. The van der Waals surface area contributed by atoms with Crippen molar-refractivity contribution in [2.45, 2.75) is 13.3 Å².